The first-order chi connectivity index (χ1) is 29.2. The Bertz CT molecular complexity index is 3350. The molecule has 0 spiro atoms. The van der Waals surface area contributed by atoms with Crippen molar-refractivity contribution in [2.75, 3.05) is 0 Å². The molecule has 11 rings (SSSR count). The molecule has 0 saturated heterocycles. The van der Waals surface area contributed by atoms with Crippen LogP contribution in [0.2, 0.25) is 0 Å². The van der Waals surface area contributed by atoms with Crippen LogP contribution in [0, 0.1) is 0 Å². The Morgan fingerprint density at radius 2 is 0.966 bits per heavy atom. The molecule has 59 heavy (non-hydrogen) atoms. The van der Waals surface area contributed by atoms with Crippen molar-refractivity contribution in [3.05, 3.63) is 200 Å². The van der Waals surface area contributed by atoms with Crippen molar-refractivity contribution in [3.63, 3.8) is 0 Å². The van der Waals surface area contributed by atoms with E-state index in [1.54, 1.807) is 0 Å². The Hall–Kier alpha value is -7.76. The predicted molar refractivity (Wildman–Crippen MR) is 244 cm³/mol. The van der Waals surface area contributed by atoms with E-state index < -0.39 is 0 Å². The Labute approximate surface area is 342 Å². The third-order valence-electron chi connectivity index (χ3n) is 11.3. The number of fused-ring (bicyclic) bond motifs is 6. The van der Waals surface area contributed by atoms with Gasteiger partial charge in [0.25, 0.3) is 0 Å². The standard InChI is InChI=1S/C54H37N5/c1-2-49-57-53-48(59(49)42-21-7-4-8-22-42)32-31-44-43-23-9-11-25-46(43)55-52(50(44)53)37-29-27-36(28-30-37)39-18-14-20-41(34-39)54-56-47-26-12-10-24-45(47)51(58-54)40-19-13-17-38(33-40)35-15-5-3-6-16-35/h3-34H,2H2,1H3. The average Bonchev–Trinajstić information content (AvgIpc) is 3.71. The lowest BCUT2D eigenvalue weighted by molar-refractivity contribution is 0.908. The van der Waals surface area contributed by atoms with Crippen LogP contribution in [0.15, 0.2) is 194 Å². The lowest BCUT2D eigenvalue weighted by Gasteiger charge is -2.13. The SMILES string of the molecule is CCc1nc2c3c(-c4ccc(-c5cccc(-c6nc(-c7cccc(-c8ccccc8)c7)c7ccccc7n6)c5)cc4)nc4ccccc4c3ccc2n1-c1ccccc1. The molecule has 8 aromatic carbocycles. The number of hydrogen-bond acceptors (Lipinski definition) is 4. The van der Waals surface area contributed by atoms with Crippen molar-refractivity contribution < 1.29 is 0 Å². The van der Waals surface area contributed by atoms with Crippen LogP contribution >= 0.6 is 0 Å². The van der Waals surface area contributed by atoms with Gasteiger partial charge in [-0.1, -0.05) is 159 Å². The summed E-state index contributed by atoms with van der Waals surface area (Å²) in [5, 5.41) is 4.37. The van der Waals surface area contributed by atoms with Crippen molar-refractivity contribution >= 4 is 43.6 Å². The number of imidazole rings is 1. The molecule has 0 aliphatic heterocycles. The van der Waals surface area contributed by atoms with Gasteiger partial charge in [-0.25, -0.2) is 19.9 Å². The summed E-state index contributed by atoms with van der Waals surface area (Å²) in [5.41, 5.74) is 14.5. The Morgan fingerprint density at radius 1 is 0.390 bits per heavy atom. The van der Waals surface area contributed by atoms with Crippen molar-refractivity contribution in [2.24, 2.45) is 0 Å². The lowest BCUT2D eigenvalue weighted by atomic mass is 9.96. The minimum absolute atomic E-state index is 0.694. The van der Waals surface area contributed by atoms with Gasteiger partial charge < -0.3 is 0 Å². The fourth-order valence-electron chi connectivity index (χ4n) is 8.50. The molecule has 0 aliphatic rings. The zero-order valence-electron chi connectivity index (χ0n) is 32.4. The summed E-state index contributed by atoms with van der Waals surface area (Å²) in [6.45, 7) is 2.17. The van der Waals surface area contributed by atoms with Crippen LogP contribution in [0.25, 0.3) is 105 Å². The summed E-state index contributed by atoms with van der Waals surface area (Å²) in [5.74, 6) is 1.72. The van der Waals surface area contributed by atoms with Crippen molar-refractivity contribution in [1.29, 1.82) is 0 Å². The molecule has 0 bridgehead atoms. The highest BCUT2D eigenvalue weighted by Gasteiger charge is 2.20. The molecule has 0 saturated carbocycles. The van der Waals surface area contributed by atoms with E-state index in [4.69, 9.17) is 19.9 Å². The highest BCUT2D eigenvalue weighted by molar-refractivity contribution is 6.20. The van der Waals surface area contributed by atoms with E-state index in [0.717, 1.165) is 106 Å². The van der Waals surface area contributed by atoms with Gasteiger partial charge in [0.15, 0.2) is 5.82 Å². The first kappa shape index (κ1) is 34.5. The van der Waals surface area contributed by atoms with E-state index in [2.05, 4.69) is 193 Å². The van der Waals surface area contributed by atoms with E-state index in [-0.39, 0.29) is 0 Å². The molecular weight excluding hydrogens is 719 g/mol. The highest BCUT2D eigenvalue weighted by atomic mass is 15.1. The number of hydrogen-bond donors (Lipinski definition) is 0. The second-order valence-electron chi connectivity index (χ2n) is 14.9. The molecule has 3 heterocycles. The predicted octanol–water partition coefficient (Wildman–Crippen LogP) is 13.6. The Balaban J connectivity index is 1.01. The normalized spacial score (nSPS) is 11.5. The van der Waals surface area contributed by atoms with Crippen molar-refractivity contribution in [1.82, 2.24) is 24.5 Å². The lowest BCUT2D eigenvalue weighted by Crippen LogP contribution is -1.99. The van der Waals surface area contributed by atoms with E-state index in [9.17, 15) is 0 Å². The molecule has 0 atom stereocenters. The largest absolute Gasteiger partial charge is 0.296 e. The number of aromatic nitrogens is 5. The monoisotopic (exact) mass is 755 g/mol. The van der Waals surface area contributed by atoms with Gasteiger partial charge in [0, 0.05) is 45.0 Å². The molecule has 0 fully saturated rings. The summed E-state index contributed by atoms with van der Waals surface area (Å²) in [6.07, 6.45) is 0.808. The molecule has 5 nitrogen and oxygen atoms in total. The van der Waals surface area contributed by atoms with Gasteiger partial charge in [-0.05, 0) is 70.1 Å². The van der Waals surface area contributed by atoms with Crippen molar-refractivity contribution in [2.45, 2.75) is 13.3 Å². The molecular formula is C54H37N5. The molecule has 0 N–H and O–H groups in total. The summed E-state index contributed by atoms with van der Waals surface area (Å²) >= 11 is 0. The minimum Gasteiger partial charge on any atom is -0.296 e. The van der Waals surface area contributed by atoms with Gasteiger partial charge in [0.1, 0.15) is 5.82 Å². The summed E-state index contributed by atoms with van der Waals surface area (Å²) < 4.78 is 2.29. The maximum Gasteiger partial charge on any atom is 0.160 e. The second-order valence-corrected chi connectivity index (χ2v) is 14.9. The number of para-hydroxylation sites is 3. The maximum absolute atomic E-state index is 5.33. The summed E-state index contributed by atoms with van der Waals surface area (Å²) in [6, 6.07) is 68.1. The molecule has 0 unspecified atom stereocenters. The van der Waals surface area contributed by atoms with Gasteiger partial charge in [0.2, 0.25) is 0 Å². The van der Waals surface area contributed by atoms with Crippen LogP contribution in [-0.4, -0.2) is 24.5 Å². The molecule has 0 radical (unpaired) electrons. The fraction of sp³-hybridized carbons (Fsp3) is 0.0370. The van der Waals surface area contributed by atoms with Gasteiger partial charge in [0.05, 0.1) is 33.5 Å². The summed E-state index contributed by atoms with van der Waals surface area (Å²) in [7, 11) is 0. The number of nitrogens with zero attached hydrogens (tertiary/aromatic N) is 5. The van der Waals surface area contributed by atoms with Crippen LogP contribution in [-0.2, 0) is 6.42 Å². The van der Waals surface area contributed by atoms with Gasteiger partial charge in [-0.15, -0.1) is 0 Å². The van der Waals surface area contributed by atoms with E-state index in [1.165, 1.54) is 5.56 Å². The van der Waals surface area contributed by atoms with Crippen LogP contribution in [0.1, 0.15) is 12.7 Å². The van der Waals surface area contributed by atoms with E-state index in [0.29, 0.717) is 5.82 Å². The molecule has 0 amide bonds. The zero-order chi connectivity index (χ0) is 39.3. The van der Waals surface area contributed by atoms with Crippen LogP contribution < -0.4 is 0 Å². The van der Waals surface area contributed by atoms with Gasteiger partial charge in [-0.3, -0.25) is 4.57 Å². The molecule has 278 valence electrons. The van der Waals surface area contributed by atoms with Gasteiger partial charge >= 0.3 is 0 Å². The van der Waals surface area contributed by atoms with Gasteiger partial charge in [-0.2, -0.15) is 0 Å². The zero-order valence-corrected chi connectivity index (χ0v) is 32.4. The number of benzene rings is 8. The summed E-state index contributed by atoms with van der Waals surface area (Å²) in [4.78, 5) is 21.0. The topological polar surface area (TPSA) is 56.5 Å². The van der Waals surface area contributed by atoms with Crippen LogP contribution in [0.4, 0.5) is 0 Å². The highest BCUT2D eigenvalue weighted by Crippen LogP contribution is 2.39. The third kappa shape index (κ3) is 6.03. The number of pyridine rings is 1. The number of aryl methyl sites for hydroxylation is 1. The molecule has 11 aromatic rings. The first-order valence-corrected chi connectivity index (χ1v) is 20.1. The molecule has 0 aliphatic carbocycles. The van der Waals surface area contributed by atoms with E-state index in [1.807, 2.05) is 12.1 Å². The van der Waals surface area contributed by atoms with Crippen LogP contribution in [0.3, 0.4) is 0 Å². The number of rotatable bonds is 7. The second kappa shape index (κ2) is 14.3. The minimum atomic E-state index is 0.694. The maximum atomic E-state index is 5.33. The smallest absolute Gasteiger partial charge is 0.160 e. The fourth-order valence-corrected chi connectivity index (χ4v) is 8.50. The molecule has 5 heteroatoms. The third-order valence-corrected chi connectivity index (χ3v) is 11.3. The van der Waals surface area contributed by atoms with E-state index >= 15 is 0 Å². The Kier molecular flexibility index (Phi) is 8.37. The molecule has 3 aromatic heterocycles. The van der Waals surface area contributed by atoms with Crippen LogP contribution in [0.5, 0.6) is 0 Å². The average molecular weight is 756 g/mol. The Morgan fingerprint density at radius 3 is 1.71 bits per heavy atom. The van der Waals surface area contributed by atoms with Crippen molar-refractivity contribution in [3.8, 4) is 61.8 Å². The first-order valence-electron chi connectivity index (χ1n) is 20.1. The quantitative estimate of drug-likeness (QED) is 0.152.